The summed E-state index contributed by atoms with van der Waals surface area (Å²) in [5, 5.41) is 3.10. The number of rotatable bonds is 6. The number of amides is 1. The van der Waals surface area contributed by atoms with Crippen LogP contribution in [0.25, 0.3) is 0 Å². The molecule has 1 fully saturated rings. The van der Waals surface area contributed by atoms with E-state index in [4.69, 9.17) is 4.74 Å². The van der Waals surface area contributed by atoms with Gasteiger partial charge in [-0.05, 0) is 71.2 Å². The van der Waals surface area contributed by atoms with Crippen molar-refractivity contribution in [1.82, 2.24) is 10.2 Å². The third-order valence-electron chi connectivity index (χ3n) is 4.38. The van der Waals surface area contributed by atoms with Gasteiger partial charge in [-0.15, -0.1) is 0 Å². The van der Waals surface area contributed by atoms with E-state index in [-0.39, 0.29) is 12.0 Å². The topological polar surface area (TPSA) is 41.6 Å². The van der Waals surface area contributed by atoms with Crippen LogP contribution >= 0.6 is 15.9 Å². The molecule has 1 N–H and O–H groups in total. The lowest BCUT2D eigenvalue weighted by Gasteiger charge is -2.35. The van der Waals surface area contributed by atoms with Crippen molar-refractivity contribution in [3.05, 3.63) is 28.2 Å². The SMILES string of the molecule is CC(C)Oc1cc(Br)ccc1C(=O)NCC1CCCN(C(C)C)C1. The van der Waals surface area contributed by atoms with Gasteiger partial charge in [0.2, 0.25) is 0 Å². The van der Waals surface area contributed by atoms with Crippen LogP contribution in [-0.4, -0.2) is 42.6 Å². The van der Waals surface area contributed by atoms with E-state index in [1.165, 1.54) is 19.4 Å². The summed E-state index contributed by atoms with van der Waals surface area (Å²) in [5.74, 6) is 1.10. The molecule has 1 aliphatic rings. The van der Waals surface area contributed by atoms with Crippen LogP contribution in [0, 0.1) is 5.92 Å². The van der Waals surface area contributed by atoms with Crippen molar-refractivity contribution in [3.63, 3.8) is 0 Å². The first-order chi connectivity index (χ1) is 11.4. The van der Waals surface area contributed by atoms with Gasteiger partial charge in [-0.2, -0.15) is 0 Å². The van der Waals surface area contributed by atoms with E-state index >= 15 is 0 Å². The molecule has 134 valence electrons. The Labute approximate surface area is 154 Å². The van der Waals surface area contributed by atoms with Gasteiger partial charge in [0.25, 0.3) is 5.91 Å². The van der Waals surface area contributed by atoms with E-state index in [0.717, 1.165) is 17.6 Å². The van der Waals surface area contributed by atoms with Gasteiger partial charge >= 0.3 is 0 Å². The molecule has 1 atom stereocenters. The fraction of sp³-hybridized carbons (Fsp3) is 0.632. The monoisotopic (exact) mass is 396 g/mol. The second-order valence-electron chi connectivity index (χ2n) is 7.11. The number of nitrogens with one attached hydrogen (secondary N) is 1. The molecule has 1 saturated heterocycles. The molecule has 0 radical (unpaired) electrons. The van der Waals surface area contributed by atoms with Gasteiger partial charge in [0.05, 0.1) is 11.7 Å². The van der Waals surface area contributed by atoms with E-state index in [1.54, 1.807) is 0 Å². The number of carbonyl (C=O) groups is 1. The van der Waals surface area contributed by atoms with E-state index in [2.05, 4.69) is 40.0 Å². The van der Waals surface area contributed by atoms with Crippen molar-refractivity contribution in [2.75, 3.05) is 19.6 Å². The third-order valence-corrected chi connectivity index (χ3v) is 4.88. The lowest BCUT2D eigenvalue weighted by molar-refractivity contribution is 0.0917. The van der Waals surface area contributed by atoms with Crippen LogP contribution in [0.15, 0.2) is 22.7 Å². The standard InChI is InChI=1S/C19H29BrN2O2/c1-13(2)22-9-5-6-15(12-22)11-21-19(23)17-8-7-16(20)10-18(17)24-14(3)4/h7-8,10,13-15H,5-6,9,11-12H2,1-4H3,(H,21,23). The zero-order chi connectivity index (χ0) is 17.7. The molecule has 1 amide bonds. The Hall–Kier alpha value is -1.07. The summed E-state index contributed by atoms with van der Waals surface area (Å²) in [4.78, 5) is 15.1. The smallest absolute Gasteiger partial charge is 0.255 e. The maximum atomic E-state index is 12.6. The average molecular weight is 397 g/mol. The van der Waals surface area contributed by atoms with Gasteiger partial charge in [0.15, 0.2) is 0 Å². The molecule has 1 heterocycles. The molecule has 4 nitrogen and oxygen atoms in total. The highest BCUT2D eigenvalue weighted by Crippen LogP contribution is 2.25. The fourth-order valence-corrected chi connectivity index (χ4v) is 3.44. The van der Waals surface area contributed by atoms with Crippen LogP contribution in [0.5, 0.6) is 5.75 Å². The zero-order valence-corrected chi connectivity index (χ0v) is 16.7. The van der Waals surface area contributed by atoms with Crippen molar-refractivity contribution in [3.8, 4) is 5.75 Å². The molecule has 1 aromatic carbocycles. The lowest BCUT2D eigenvalue weighted by atomic mass is 9.97. The molecule has 0 aromatic heterocycles. The quantitative estimate of drug-likeness (QED) is 0.786. The normalized spacial score (nSPS) is 18.9. The molecule has 0 bridgehead atoms. The number of halogens is 1. The minimum atomic E-state index is -0.0557. The Kier molecular flexibility index (Phi) is 7.11. The summed E-state index contributed by atoms with van der Waals surface area (Å²) in [5.41, 5.74) is 0.600. The van der Waals surface area contributed by atoms with Crippen molar-refractivity contribution in [1.29, 1.82) is 0 Å². The number of likely N-dealkylation sites (tertiary alicyclic amines) is 1. The number of nitrogens with zero attached hydrogens (tertiary/aromatic N) is 1. The van der Waals surface area contributed by atoms with Gasteiger partial charge < -0.3 is 15.0 Å². The summed E-state index contributed by atoms with van der Waals surface area (Å²) < 4.78 is 6.70. The molecule has 1 aliphatic heterocycles. The Bertz CT molecular complexity index is 560. The third kappa shape index (κ3) is 5.49. The van der Waals surface area contributed by atoms with Crippen LogP contribution < -0.4 is 10.1 Å². The molecule has 5 heteroatoms. The Balaban J connectivity index is 1.97. The molecule has 1 unspecified atom stereocenters. The van der Waals surface area contributed by atoms with E-state index in [9.17, 15) is 4.79 Å². The Morgan fingerprint density at radius 2 is 2.12 bits per heavy atom. The average Bonchev–Trinajstić information content (AvgIpc) is 2.52. The molecule has 24 heavy (non-hydrogen) atoms. The largest absolute Gasteiger partial charge is 0.490 e. The van der Waals surface area contributed by atoms with Crippen molar-refractivity contribution in [2.24, 2.45) is 5.92 Å². The summed E-state index contributed by atoms with van der Waals surface area (Å²) in [6.07, 6.45) is 2.42. The molecule has 2 rings (SSSR count). The number of ether oxygens (including phenoxy) is 1. The summed E-state index contributed by atoms with van der Waals surface area (Å²) in [7, 11) is 0. The van der Waals surface area contributed by atoms with Crippen LogP contribution in [0.4, 0.5) is 0 Å². The van der Waals surface area contributed by atoms with E-state index in [0.29, 0.717) is 23.3 Å². The van der Waals surface area contributed by atoms with Gasteiger partial charge in [-0.25, -0.2) is 0 Å². The fourth-order valence-electron chi connectivity index (χ4n) is 3.10. The number of carbonyl (C=O) groups excluding carboxylic acids is 1. The summed E-state index contributed by atoms with van der Waals surface area (Å²) in [6.45, 7) is 11.3. The van der Waals surface area contributed by atoms with Crippen LogP contribution in [0.3, 0.4) is 0 Å². The Morgan fingerprint density at radius 3 is 2.79 bits per heavy atom. The second-order valence-corrected chi connectivity index (χ2v) is 8.03. The van der Waals surface area contributed by atoms with Crippen LogP contribution in [0.1, 0.15) is 50.9 Å². The molecule has 1 aromatic rings. The maximum Gasteiger partial charge on any atom is 0.255 e. The minimum Gasteiger partial charge on any atom is -0.490 e. The predicted molar refractivity (Wildman–Crippen MR) is 102 cm³/mol. The van der Waals surface area contributed by atoms with E-state index < -0.39 is 0 Å². The molecule has 0 aliphatic carbocycles. The zero-order valence-electron chi connectivity index (χ0n) is 15.1. The molecular weight excluding hydrogens is 368 g/mol. The number of hydrogen-bond acceptors (Lipinski definition) is 3. The minimum absolute atomic E-state index is 0.0313. The summed E-state index contributed by atoms with van der Waals surface area (Å²) >= 11 is 3.44. The highest BCUT2D eigenvalue weighted by atomic mass is 79.9. The maximum absolute atomic E-state index is 12.6. The van der Waals surface area contributed by atoms with Crippen molar-refractivity contribution >= 4 is 21.8 Å². The van der Waals surface area contributed by atoms with Gasteiger partial charge in [0, 0.05) is 23.6 Å². The number of piperidine rings is 1. The first kappa shape index (κ1) is 19.3. The number of benzene rings is 1. The van der Waals surface area contributed by atoms with Crippen LogP contribution in [0.2, 0.25) is 0 Å². The highest BCUT2D eigenvalue weighted by Gasteiger charge is 2.22. The lowest BCUT2D eigenvalue weighted by Crippen LogP contribution is -2.43. The second kappa shape index (κ2) is 8.86. The predicted octanol–water partition coefficient (Wildman–Crippen LogP) is 4.09. The highest BCUT2D eigenvalue weighted by molar-refractivity contribution is 9.10. The van der Waals surface area contributed by atoms with Crippen LogP contribution in [-0.2, 0) is 0 Å². The van der Waals surface area contributed by atoms with Gasteiger partial charge in [-0.1, -0.05) is 15.9 Å². The number of hydrogen-bond donors (Lipinski definition) is 1. The van der Waals surface area contributed by atoms with E-state index in [1.807, 2.05) is 32.0 Å². The molecular formula is C19H29BrN2O2. The molecule has 0 saturated carbocycles. The van der Waals surface area contributed by atoms with Crippen molar-refractivity contribution in [2.45, 2.75) is 52.7 Å². The van der Waals surface area contributed by atoms with Gasteiger partial charge in [0.1, 0.15) is 5.75 Å². The van der Waals surface area contributed by atoms with Crippen molar-refractivity contribution < 1.29 is 9.53 Å². The summed E-state index contributed by atoms with van der Waals surface area (Å²) in [6, 6.07) is 6.12. The first-order valence-corrected chi connectivity index (χ1v) is 9.64. The molecule has 0 spiro atoms. The van der Waals surface area contributed by atoms with Gasteiger partial charge in [-0.3, -0.25) is 4.79 Å². The Morgan fingerprint density at radius 1 is 1.38 bits per heavy atom. The first-order valence-electron chi connectivity index (χ1n) is 8.85.